The second kappa shape index (κ2) is 4.19. The van der Waals surface area contributed by atoms with Crippen molar-refractivity contribution in [3.05, 3.63) is 41.6 Å². The second-order valence-electron chi connectivity index (χ2n) is 2.86. The Morgan fingerprint density at radius 1 is 1.36 bits per heavy atom. The van der Waals surface area contributed by atoms with Crippen LogP contribution in [0.4, 0.5) is 5.69 Å². The van der Waals surface area contributed by atoms with Crippen LogP contribution < -0.4 is 10.6 Å². The van der Waals surface area contributed by atoms with E-state index in [9.17, 15) is 4.79 Å². The summed E-state index contributed by atoms with van der Waals surface area (Å²) in [4.78, 5) is 10.9. The van der Waals surface area contributed by atoms with E-state index in [-0.39, 0.29) is 5.91 Å². The lowest BCUT2D eigenvalue weighted by atomic mass is 10.3. The van der Waals surface area contributed by atoms with E-state index in [1.807, 2.05) is 36.5 Å². The number of anilines is 1. The highest BCUT2D eigenvalue weighted by molar-refractivity contribution is 8.04. The first-order chi connectivity index (χ1) is 6.84. The summed E-state index contributed by atoms with van der Waals surface area (Å²) < 4.78 is 0. The number of rotatable bonds is 2. The van der Waals surface area contributed by atoms with Crippen molar-refractivity contribution in [2.45, 2.75) is 0 Å². The van der Waals surface area contributed by atoms with Crippen LogP contribution in [-0.2, 0) is 4.79 Å². The molecule has 4 heteroatoms. The van der Waals surface area contributed by atoms with Crippen LogP contribution in [0.5, 0.6) is 0 Å². The Hall–Kier alpha value is -1.42. The number of hydrogen-bond donors (Lipinski definition) is 2. The molecule has 0 unspecified atom stereocenters. The first-order valence-electron chi connectivity index (χ1n) is 4.29. The van der Waals surface area contributed by atoms with E-state index in [4.69, 9.17) is 0 Å². The van der Waals surface area contributed by atoms with Crippen LogP contribution in [0.1, 0.15) is 0 Å². The zero-order valence-corrected chi connectivity index (χ0v) is 8.30. The number of thioether (sulfide) groups is 1. The van der Waals surface area contributed by atoms with Crippen molar-refractivity contribution in [1.29, 1.82) is 0 Å². The molecule has 0 bridgehead atoms. The molecule has 14 heavy (non-hydrogen) atoms. The van der Waals surface area contributed by atoms with Gasteiger partial charge in [-0.2, -0.15) is 0 Å². The normalized spacial score (nSPS) is 18.3. The van der Waals surface area contributed by atoms with Gasteiger partial charge in [-0.1, -0.05) is 30.0 Å². The van der Waals surface area contributed by atoms with Crippen molar-refractivity contribution >= 4 is 23.4 Å². The Morgan fingerprint density at radius 3 is 2.79 bits per heavy atom. The Labute approximate surface area is 86.6 Å². The van der Waals surface area contributed by atoms with Gasteiger partial charge in [-0.15, -0.1) is 0 Å². The van der Waals surface area contributed by atoms with Crippen molar-refractivity contribution < 1.29 is 4.79 Å². The first-order valence-corrected chi connectivity index (χ1v) is 5.27. The number of carbonyl (C=O) groups excluding carboxylic acids is 1. The number of hydrogen-bond acceptors (Lipinski definition) is 3. The summed E-state index contributed by atoms with van der Waals surface area (Å²) in [6.07, 6.45) is 1.81. The minimum atomic E-state index is 0.0658. The predicted octanol–water partition coefficient (Wildman–Crippen LogP) is 1.76. The third-order valence-corrected chi connectivity index (χ3v) is 2.70. The molecule has 1 aromatic rings. The zero-order valence-electron chi connectivity index (χ0n) is 7.49. The summed E-state index contributed by atoms with van der Waals surface area (Å²) in [7, 11) is 0. The number of amides is 1. The molecule has 1 heterocycles. The smallest absolute Gasteiger partial charge is 0.235 e. The quantitative estimate of drug-likeness (QED) is 0.774. The fourth-order valence-corrected chi connectivity index (χ4v) is 1.80. The minimum absolute atomic E-state index is 0.0658. The lowest BCUT2D eigenvalue weighted by Gasteiger charge is -2.00. The Balaban J connectivity index is 1.97. The van der Waals surface area contributed by atoms with Gasteiger partial charge in [0.15, 0.2) is 0 Å². The lowest BCUT2D eigenvalue weighted by Crippen LogP contribution is -2.14. The largest absolute Gasteiger partial charge is 0.359 e. The molecule has 0 aliphatic carbocycles. The summed E-state index contributed by atoms with van der Waals surface area (Å²) in [5.41, 5.74) is 1.02. The van der Waals surface area contributed by atoms with Gasteiger partial charge in [0.05, 0.1) is 10.8 Å². The van der Waals surface area contributed by atoms with E-state index >= 15 is 0 Å². The van der Waals surface area contributed by atoms with Crippen molar-refractivity contribution in [3.8, 4) is 0 Å². The molecular weight excluding hydrogens is 196 g/mol. The monoisotopic (exact) mass is 206 g/mol. The summed E-state index contributed by atoms with van der Waals surface area (Å²) in [6, 6.07) is 9.82. The van der Waals surface area contributed by atoms with Gasteiger partial charge < -0.3 is 10.6 Å². The van der Waals surface area contributed by atoms with Crippen LogP contribution in [0.3, 0.4) is 0 Å². The van der Waals surface area contributed by atoms with Gasteiger partial charge in [0.1, 0.15) is 0 Å². The molecule has 1 aliphatic heterocycles. The summed E-state index contributed by atoms with van der Waals surface area (Å²) in [5, 5.41) is 6.73. The highest BCUT2D eigenvalue weighted by Gasteiger charge is 2.13. The molecule has 1 fully saturated rings. The Morgan fingerprint density at radius 2 is 2.14 bits per heavy atom. The number of para-hydroxylation sites is 1. The topological polar surface area (TPSA) is 41.1 Å². The maximum atomic E-state index is 10.9. The van der Waals surface area contributed by atoms with Crippen LogP contribution in [0.15, 0.2) is 41.6 Å². The molecule has 0 spiro atoms. The zero-order chi connectivity index (χ0) is 9.80. The minimum Gasteiger partial charge on any atom is -0.359 e. The van der Waals surface area contributed by atoms with Gasteiger partial charge in [-0.05, 0) is 12.1 Å². The summed E-state index contributed by atoms with van der Waals surface area (Å²) in [5.74, 6) is 0.582. The molecule has 1 amide bonds. The third-order valence-electron chi connectivity index (χ3n) is 1.77. The molecule has 0 atom stereocenters. The van der Waals surface area contributed by atoms with Crippen molar-refractivity contribution in [2.75, 3.05) is 11.1 Å². The van der Waals surface area contributed by atoms with E-state index in [1.165, 1.54) is 11.8 Å². The standard InChI is InChI=1S/C10H10N2OS/c13-9-7-14-10(12-9)6-11-8-4-2-1-3-5-8/h1-6,11H,7H2,(H,12,13). The molecule has 0 radical (unpaired) electrons. The van der Waals surface area contributed by atoms with E-state index in [2.05, 4.69) is 10.6 Å². The van der Waals surface area contributed by atoms with Gasteiger partial charge in [-0.25, -0.2) is 0 Å². The Bertz CT molecular complexity index is 362. The Kier molecular flexibility index (Phi) is 2.74. The summed E-state index contributed by atoms with van der Waals surface area (Å²) in [6.45, 7) is 0. The molecule has 0 aromatic heterocycles. The van der Waals surface area contributed by atoms with Crippen molar-refractivity contribution in [3.63, 3.8) is 0 Å². The maximum Gasteiger partial charge on any atom is 0.235 e. The average molecular weight is 206 g/mol. The molecule has 1 aliphatic rings. The molecule has 1 aromatic carbocycles. The molecule has 72 valence electrons. The van der Waals surface area contributed by atoms with Gasteiger partial charge >= 0.3 is 0 Å². The van der Waals surface area contributed by atoms with Crippen molar-refractivity contribution in [1.82, 2.24) is 5.32 Å². The third kappa shape index (κ3) is 2.29. The van der Waals surface area contributed by atoms with Crippen LogP contribution in [0, 0.1) is 0 Å². The van der Waals surface area contributed by atoms with Crippen LogP contribution in [-0.4, -0.2) is 11.7 Å². The van der Waals surface area contributed by atoms with Crippen LogP contribution in [0.25, 0.3) is 0 Å². The summed E-state index contributed by atoms with van der Waals surface area (Å²) >= 11 is 1.51. The molecule has 3 nitrogen and oxygen atoms in total. The molecular formula is C10H10N2OS. The second-order valence-corrected chi connectivity index (χ2v) is 3.87. The van der Waals surface area contributed by atoms with E-state index in [1.54, 1.807) is 0 Å². The molecule has 2 N–H and O–H groups in total. The fraction of sp³-hybridized carbons (Fsp3) is 0.100. The maximum absolute atomic E-state index is 10.9. The average Bonchev–Trinajstić information content (AvgIpc) is 2.63. The highest BCUT2D eigenvalue weighted by atomic mass is 32.2. The lowest BCUT2D eigenvalue weighted by molar-refractivity contribution is -0.117. The van der Waals surface area contributed by atoms with Crippen LogP contribution in [0.2, 0.25) is 0 Å². The fourth-order valence-electron chi connectivity index (χ4n) is 1.11. The van der Waals surface area contributed by atoms with Gasteiger partial charge in [-0.3, -0.25) is 4.79 Å². The number of carbonyl (C=O) groups is 1. The number of benzene rings is 1. The SMILES string of the molecule is O=C1CSC(=CNc2ccccc2)N1. The predicted molar refractivity (Wildman–Crippen MR) is 58.7 cm³/mol. The number of nitrogens with one attached hydrogen (secondary N) is 2. The molecule has 2 rings (SSSR count). The van der Waals surface area contributed by atoms with Crippen molar-refractivity contribution in [2.24, 2.45) is 0 Å². The first kappa shape index (κ1) is 9.15. The molecule has 1 saturated heterocycles. The van der Waals surface area contributed by atoms with Crippen LogP contribution >= 0.6 is 11.8 Å². The van der Waals surface area contributed by atoms with Gasteiger partial charge in [0, 0.05) is 11.9 Å². The molecule has 0 saturated carbocycles. The van der Waals surface area contributed by atoms with Gasteiger partial charge in [0.2, 0.25) is 5.91 Å². The van der Waals surface area contributed by atoms with E-state index in [0.29, 0.717) is 5.75 Å². The highest BCUT2D eigenvalue weighted by Crippen LogP contribution is 2.18. The van der Waals surface area contributed by atoms with Gasteiger partial charge in [0.25, 0.3) is 0 Å². The van der Waals surface area contributed by atoms with E-state index < -0.39 is 0 Å². The van der Waals surface area contributed by atoms with E-state index in [0.717, 1.165) is 10.7 Å².